The van der Waals surface area contributed by atoms with Gasteiger partial charge in [-0.2, -0.15) is 0 Å². The van der Waals surface area contributed by atoms with E-state index in [2.05, 4.69) is 19.5 Å². The second-order valence-electron chi connectivity index (χ2n) is 7.20. The van der Waals surface area contributed by atoms with Gasteiger partial charge in [0.1, 0.15) is 49.1 Å². The quantitative estimate of drug-likeness (QED) is 0.152. The Labute approximate surface area is 185 Å². The Morgan fingerprint density at radius 3 is 2.73 bits per heavy atom. The average Bonchev–Trinajstić information content (AvgIpc) is 3.38. The highest BCUT2D eigenvalue weighted by molar-refractivity contribution is 7.47. The molecule has 1 fully saturated rings. The Kier molecular flexibility index (Phi) is 8.07. The number of imidazole rings is 1. The molecular weight excluding hydrogens is 469 g/mol. The zero-order chi connectivity index (χ0) is 24.3. The Morgan fingerprint density at radius 2 is 2.03 bits per heavy atom. The number of phosphoric ester groups is 1. The van der Waals surface area contributed by atoms with Gasteiger partial charge in [0.05, 0.1) is 25.6 Å². The van der Waals surface area contributed by atoms with Crippen molar-refractivity contribution in [2.75, 3.05) is 25.6 Å². The highest BCUT2D eigenvalue weighted by Gasteiger charge is 2.38. The number of ketones is 1. The molecule has 3 heterocycles. The van der Waals surface area contributed by atoms with Crippen LogP contribution in [0.5, 0.6) is 0 Å². The summed E-state index contributed by atoms with van der Waals surface area (Å²) in [6.45, 7) is -2.64. The van der Waals surface area contributed by atoms with Gasteiger partial charge in [0.25, 0.3) is 0 Å². The Hall–Kier alpha value is -2.11. The molecule has 0 radical (unpaired) electrons. The minimum atomic E-state index is -4.82. The molecule has 17 heteroatoms. The van der Waals surface area contributed by atoms with Gasteiger partial charge in [-0.15, -0.1) is 0 Å². The SMILES string of the molecule is Nc1ncnc2c1ncn2[C@H]1CC(O)[C@@H](COP(=O)(O)OCC(=O)[C@H](O)[C@@H](O)[C@@H](O)CO)O1. The number of carbonyl (C=O) groups excluding carboxylic acids is 1. The van der Waals surface area contributed by atoms with Gasteiger partial charge in [0.2, 0.25) is 0 Å². The predicted molar refractivity (Wildman–Crippen MR) is 106 cm³/mol. The lowest BCUT2D eigenvalue weighted by molar-refractivity contribution is -0.142. The maximum Gasteiger partial charge on any atom is 0.472 e. The van der Waals surface area contributed by atoms with Crippen molar-refractivity contribution in [3.8, 4) is 0 Å². The topological polar surface area (TPSA) is 253 Å². The molecule has 8 N–H and O–H groups in total. The first-order valence-corrected chi connectivity index (χ1v) is 11.1. The summed E-state index contributed by atoms with van der Waals surface area (Å²) in [5.74, 6) is -1.08. The molecule has 1 aliphatic heterocycles. The van der Waals surface area contributed by atoms with Gasteiger partial charge in [-0.25, -0.2) is 19.5 Å². The number of hydrogen-bond acceptors (Lipinski definition) is 14. The van der Waals surface area contributed by atoms with Crippen molar-refractivity contribution in [2.24, 2.45) is 0 Å². The largest absolute Gasteiger partial charge is 0.472 e. The average molecular weight is 493 g/mol. The van der Waals surface area contributed by atoms with E-state index in [-0.39, 0.29) is 12.2 Å². The number of fused-ring (bicyclic) bond motifs is 1. The van der Waals surface area contributed by atoms with Gasteiger partial charge in [-0.05, 0) is 0 Å². The summed E-state index contributed by atoms with van der Waals surface area (Å²) >= 11 is 0. The van der Waals surface area contributed by atoms with Crippen molar-refractivity contribution < 1.29 is 53.6 Å². The number of nitrogen functional groups attached to an aromatic ring is 1. The maximum atomic E-state index is 12.0. The fraction of sp³-hybridized carbons (Fsp3) is 0.625. The van der Waals surface area contributed by atoms with E-state index >= 15 is 0 Å². The van der Waals surface area contributed by atoms with Crippen molar-refractivity contribution in [1.29, 1.82) is 0 Å². The Morgan fingerprint density at radius 1 is 1.30 bits per heavy atom. The summed E-state index contributed by atoms with van der Waals surface area (Å²) in [6.07, 6.45) is -6.15. The number of phosphoric acid groups is 1. The van der Waals surface area contributed by atoms with Gasteiger partial charge in [0.15, 0.2) is 17.2 Å². The third kappa shape index (κ3) is 5.88. The normalized spacial score (nSPS) is 25.6. The second kappa shape index (κ2) is 10.4. The number of aliphatic hydroxyl groups is 5. The number of aromatic nitrogens is 4. The third-order valence-corrected chi connectivity index (χ3v) is 5.84. The zero-order valence-corrected chi connectivity index (χ0v) is 17.9. The number of carbonyl (C=O) groups is 1. The number of Topliss-reactive ketones (excluding diaryl/α,β-unsaturated/α-hetero) is 1. The van der Waals surface area contributed by atoms with E-state index in [0.29, 0.717) is 11.2 Å². The molecular formula is C16H24N5O11P. The van der Waals surface area contributed by atoms with E-state index < -0.39 is 70.2 Å². The maximum absolute atomic E-state index is 12.0. The molecule has 2 unspecified atom stereocenters. The minimum Gasteiger partial charge on any atom is -0.394 e. The number of hydrogen-bond donors (Lipinski definition) is 7. The van der Waals surface area contributed by atoms with E-state index in [9.17, 15) is 34.7 Å². The molecule has 2 aromatic rings. The number of rotatable bonds is 11. The standard InChI is InChI=1S/C16H24N5O11P/c17-15-12-16(19-5-18-15)21(6-20-12)11-1-7(23)10(32-11)4-31-33(28,29)30-3-9(25)14(27)13(26)8(24)2-22/h5-8,10-11,13-14,22-24,26-27H,1-4H2,(H,28,29)(H2,17,18,19)/t7?,8-,10+,11+,13-,14-/m0/s1. The third-order valence-electron chi connectivity index (χ3n) is 4.91. The molecule has 2 aromatic heterocycles. The van der Waals surface area contributed by atoms with Crippen LogP contribution < -0.4 is 5.73 Å². The molecule has 33 heavy (non-hydrogen) atoms. The highest BCUT2D eigenvalue weighted by atomic mass is 31.2. The molecule has 0 spiro atoms. The summed E-state index contributed by atoms with van der Waals surface area (Å²) in [6, 6.07) is 0. The van der Waals surface area contributed by atoms with E-state index in [4.69, 9.17) is 20.1 Å². The minimum absolute atomic E-state index is 0.0791. The first-order valence-electron chi connectivity index (χ1n) is 9.60. The van der Waals surface area contributed by atoms with Crippen LogP contribution in [0, 0.1) is 0 Å². The Bertz CT molecular complexity index is 1020. The van der Waals surface area contributed by atoms with Crippen LogP contribution in [-0.2, 0) is 23.1 Å². The lowest BCUT2D eigenvalue weighted by Crippen LogP contribution is -2.45. The van der Waals surface area contributed by atoms with Crippen LogP contribution in [0.1, 0.15) is 12.6 Å². The summed E-state index contributed by atoms with van der Waals surface area (Å²) in [7, 11) is -4.82. The van der Waals surface area contributed by atoms with Crippen LogP contribution in [0.3, 0.4) is 0 Å². The molecule has 0 aromatic carbocycles. The van der Waals surface area contributed by atoms with E-state index in [1.807, 2.05) is 0 Å². The number of nitrogens with two attached hydrogens (primary N) is 1. The Balaban J connectivity index is 1.53. The smallest absolute Gasteiger partial charge is 0.394 e. The van der Waals surface area contributed by atoms with Gasteiger partial charge in [-0.3, -0.25) is 18.4 Å². The monoisotopic (exact) mass is 493 g/mol. The van der Waals surface area contributed by atoms with E-state index in [1.54, 1.807) is 0 Å². The molecule has 7 atom stereocenters. The molecule has 3 rings (SSSR count). The number of aliphatic hydroxyl groups excluding tert-OH is 5. The van der Waals surface area contributed by atoms with E-state index in [0.717, 1.165) is 0 Å². The number of anilines is 1. The van der Waals surface area contributed by atoms with Crippen LogP contribution in [0.4, 0.5) is 5.82 Å². The first kappa shape index (κ1) is 25.5. The van der Waals surface area contributed by atoms with E-state index in [1.165, 1.54) is 17.2 Å². The molecule has 0 bridgehead atoms. The summed E-state index contributed by atoms with van der Waals surface area (Å²) < 4.78 is 28.4. The van der Waals surface area contributed by atoms with Crippen molar-refractivity contribution >= 4 is 30.6 Å². The van der Waals surface area contributed by atoms with Crippen LogP contribution in [0.2, 0.25) is 0 Å². The van der Waals surface area contributed by atoms with Crippen molar-refractivity contribution in [3.63, 3.8) is 0 Å². The van der Waals surface area contributed by atoms with Gasteiger partial charge in [0, 0.05) is 6.42 Å². The lowest BCUT2D eigenvalue weighted by Gasteiger charge is -2.21. The van der Waals surface area contributed by atoms with Crippen molar-refractivity contribution in [3.05, 3.63) is 12.7 Å². The fourth-order valence-corrected chi connectivity index (χ4v) is 3.76. The first-order chi connectivity index (χ1) is 15.5. The van der Waals surface area contributed by atoms with Crippen LogP contribution in [-0.4, -0.2) is 106 Å². The van der Waals surface area contributed by atoms with Gasteiger partial charge >= 0.3 is 7.82 Å². The zero-order valence-electron chi connectivity index (χ0n) is 17.0. The molecule has 16 nitrogen and oxygen atoms in total. The number of nitrogens with zero attached hydrogens (tertiary/aromatic N) is 4. The van der Waals surface area contributed by atoms with Crippen molar-refractivity contribution in [2.45, 2.75) is 43.2 Å². The van der Waals surface area contributed by atoms with Gasteiger partial charge in [-0.1, -0.05) is 0 Å². The molecule has 1 saturated heterocycles. The van der Waals surface area contributed by atoms with Crippen molar-refractivity contribution in [1.82, 2.24) is 19.5 Å². The number of ether oxygens (including phenoxy) is 1. The summed E-state index contributed by atoms with van der Waals surface area (Å²) in [4.78, 5) is 33.5. The molecule has 0 saturated carbocycles. The highest BCUT2D eigenvalue weighted by Crippen LogP contribution is 2.44. The lowest BCUT2D eigenvalue weighted by atomic mass is 10.1. The summed E-state index contributed by atoms with van der Waals surface area (Å²) in [5.41, 5.74) is 6.44. The summed E-state index contributed by atoms with van der Waals surface area (Å²) in [5, 5.41) is 47.3. The fourth-order valence-electron chi connectivity index (χ4n) is 3.06. The molecule has 184 valence electrons. The molecule has 0 aliphatic carbocycles. The molecule has 1 aliphatic rings. The second-order valence-corrected chi connectivity index (χ2v) is 8.66. The van der Waals surface area contributed by atoms with Crippen LogP contribution >= 0.6 is 7.82 Å². The van der Waals surface area contributed by atoms with Crippen LogP contribution in [0.15, 0.2) is 12.7 Å². The van der Waals surface area contributed by atoms with Gasteiger partial charge < -0.3 is 40.9 Å². The van der Waals surface area contributed by atoms with Crippen LogP contribution in [0.25, 0.3) is 11.2 Å². The molecule has 0 amide bonds. The predicted octanol–water partition coefficient (Wildman–Crippen LogP) is -3.17.